The lowest BCUT2D eigenvalue weighted by Crippen LogP contribution is -2.48. The van der Waals surface area contributed by atoms with E-state index in [0.29, 0.717) is 6.42 Å². The summed E-state index contributed by atoms with van der Waals surface area (Å²) in [6, 6.07) is 0. The number of hydrogen-bond donors (Lipinski definition) is 4. The lowest BCUT2D eigenvalue weighted by Gasteiger charge is -2.36. The molecule has 1 saturated heterocycles. The van der Waals surface area contributed by atoms with Crippen molar-refractivity contribution in [3.05, 3.63) is 0 Å². The van der Waals surface area contributed by atoms with Crippen LogP contribution in [0.25, 0.3) is 0 Å². The molecule has 136 valence electrons. The number of rotatable bonds is 10. The maximum atomic E-state index is 10.4. The van der Waals surface area contributed by atoms with Gasteiger partial charge in [0.15, 0.2) is 6.29 Å². The third kappa shape index (κ3) is 8.08. The predicted octanol–water partition coefficient (Wildman–Crippen LogP) is 1.03. The molecule has 0 aromatic heterocycles. The van der Waals surface area contributed by atoms with Gasteiger partial charge in [-0.2, -0.15) is 0 Å². The van der Waals surface area contributed by atoms with Crippen LogP contribution >= 0.6 is 0 Å². The van der Waals surface area contributed by atoms with E-state index in [1.54, 1.807) is 6.92 Å². The Balaban J connectivity index is 2.12. The quantitative estimate of drug-likeness (QED) is 0.441. The summed E-state index contributed by atoms with van der Waals surface area (Å²) in [5, 5.41) is 37.5. The Hall–Kier alpha value is -0.730. The van der Waals surface area contributed by atoms with Crippen LogP contribution in [-0.4, -0.2) is 63.2 Å². The number of aliphatic hydroxyl groups is 3. The Bertz CT molecular complexity index is 349. The Morgan fingerprint density at radius 1 is 1.22 bits per heavy atom. The molecule has 0 spiro atoms. The summed E-state index contributed by atoms with van der Waals surface area (Å²) < 4.78 is 11.2. The summed E-state index contributed by atoms with van der Waals surface area (Å²) in [4.78, 5) is 10.4. The molecule has 0 radical (unpaired) electrons. The van der Waals surface area contributed by atoms with E-state index in [1.165, 1.54) is 0 Å². The van der Waals surface area contributed by atoms with Crippen molar-refractivity contribution in [1.82, 2.24) is 0 Å². The van der Waals surface area contributed by atoms with Crippen LogP contribution in [0, 0.1) is 0 Å². The van der Waals surface area contributed by atoms with Gasteiger partial charge in [0.1, 0.15) is 6.10 Å². The molecule has 0 aromatic rings. The van der Waals surface area contributed by atoms with Gasteiger partial charge >= 0.3 is 5.97 Å². The van der Waals surface area contributed by atoms with Crippen LogP contribution in [0.1, 0.15) is 58.8 Å². The number of carboxylic acid groups (broad SMARTS) is 1. The number of ether oxygens (including phenoxy) is 2. The van der Waals surface area contributed by atoms with Crippen molar-refractivity contribution in [3.63, 3.8) is 0 Å². The Morgan fingerprint density at radius 3 is 2.52 bits per heavy atom. The summed E-state index contributed by atoms with van der Waals surface area (Å²) in [5.74, 6) is -0.982. The highest BCUT2D eigenvalue weighted by Gasteiger charge is 2.35. The maximum absolute atomic E-state index is 10.4. The highest BCUT2D eigenvalue weighted by atomic mass is 16.7. The zero-order chi connectivity index (χ0) is 17.4. The summed E-state index contributed by atoms with van der Waals surface area (Å²) >= 11 is 0. The molecule has 0 aromatic carbocycles. The van der Waals surface area contributed by atoms with Crippen molar-refractivity contribution < 1.29 is 34.7 Å². The Labute approximate surface area is 137 Å². The average Bonchev–Trinajstić information content (AvgIpc) is 2.43. The fourth-order valence-electron chi connectivity index (χ4n) is 2.66. The second-order valence-electron chi connectivity index (χ2n) is 6.42. The van der Waals surface area contributed by atoms with Gasteiger partial charge in [-0.05, 0) is 26.7 Å². The maximum Gasteiger partial charge on any atom is 0.305 e. The van der Waals surface area contributed by atoms with Gasteiger partial charge in [-0.15, -0.1) is 0 Å². The Kier molecular flexibility index (Phi) is 9.01. The fourth-order valence-corrected chi connectivity index (χ4v) is 2.66. The minimum Gasteiger partial charge on any atom is -0.481 e. The van der Waals surface area contributed by atoms with Gasteiger partial charge in [-0.3, -0.25) is 4.79 Å². The summed E-state index contributed by atoms with van der Waals surface area (Å²) in [7, 11) is 0. The molecule has 0 aliphatic carbocycles. The van der Waals surface area contributed by atoms with Gasteiger partial charge in [0.05, 0.1) is 30.8 Å². The van der Waals surface area contributed by atoms with E-state index < -0.39 is 30.6 Å². The van der Waals surface area contributed by atoms with Crippen LogP contribution in [0.3, 0.4) is 0 Å². The second kappa shape index (κ2) is 10.2. The van der Waals surface area contributed by atoms with Crippen LogP contribution < -0.4 is 0 Å². The first-order valence-corrected chi connectivity index (χ1v) is 8.36. The Morgan fingerprint density at radius 2 is 1.87 bits per heavy atom. The SMILES string of the molecule is CC(CCCCCC(O)CC(=O)O)OC1OC(C)C(O)CC1O. The van der Waals surface area contributed by atoms with Gasteiger partial charge in [0, 0.05) is 6.42 Å². The molecule has 0 bridgehead atoms. The molecule has 7 nitrogen and oxygen atoms in total. The standard InChI is InChI=1S/C16H30O7/c1-10(6-4-3-5-7-12(17)8-15(20)21)22-16-14(19)9-13(18)11(2)23-16/h10-14,16-19H,3-9H2,1-2H3,(H,20,21). The van der Waals surface area contributed by atoms with Crippen molar-refractivity contribution in [2.24, 2.45) is 0 Å². The smallest absolute Gasteiger partial charge is 0.305 e. The van der Waals surface area contributed by atoms with Crippen molar-refractivity contribution >= 4 is 5.97 Å². The zero-order valence-corrected chi connectivity index (χ0v) is 13.9. The molecule has 1 heterocycles. The topological polar surface area (TPSA) is 116 Å². The van der Waals surface area contributed by atoms with Gasteiger partial charge in [-0.1, -0.05) is 19.3 Å². The van der Waals surface area contributed by atoms with E-state index in [-0.39, 0.29) is 25.0 Å². The third-order valence-electron chi connectivity index (χ3n) is 4.11. The molecule has 6 atom stereocenters. The first-order chi connectivity index (χ1) is 10.8. The number of carboxylic acids is 1. The number of aliphatic carboxylic acids is 1. The van der Waals surface area contributed by atoms with Gasteiger partial charge in [0.25, 0.3) is 0 Å². The van der Waals surface area contributed by atoms with Crippen molar-refractivity contribution in [1.29, 1.82) is 0 Å². The van der Waals surface area contributed by atoms with Crippen LogP contribution in [0.15, 0.2) is 0 Å². The largest absolute Gasteiger partial charge is 0.481 e. The number of unbranched alkanes of at least 4 members (excludes halogenated alkanes) is 2. The number of carbonyl (C=O) groups is 1. The number of hydrogen-bond acceptors (Lipinski definition) is 6. The zero-order valence-electron chi connectivity index (χ0n) is 13.9. The van der Waals surface area contributed by atoms with Crippen LogP contribution in [0.2, 0.25) is 0 Å². The minimum atomic E-state index is -0.982. The first-order valence-electron chi connectivity index (χ1n) is 8.36. The van der Waals surface area contributed by atoms with Gasteiger partial charge in [0.2, 0.25) is 0 Å². The molecule has 1 aliphatic rings. The molecule has 1 fully saturated rings. The van der Waals surface area contributed by atoms with Crippen molar-refractivity contribution in [3.8, 4) is 0 Å². The molecule has 7 heteroatoms. The van der Waals surface area contributed by atoms with E-state index in [0.717, 1.165) is 25.7 Å². The van der Waals surface area contributed by atoms with Crippen LogP contribution in [0.4, 0.5) is 0 Å². The molecular formula is C16H30O7. The molecule has 0 amide bonds. The van der Waals surface area contributed by atoms with Crippen LogP contribution in [0.5, 0.6) is 0 Å². The summed E-state index contributed by atoms with van der Waals surface area (Å²) in [6.45, 7) is 3.66. The van der Waals surface area contributed by atoms with Crippen LogP contribution in [-0.2, 0) is 14.3 Å². The monoisotopic (exact) mass is 334 g/mol. The second-order valence-corrected chi connectivity index (χ2v) is 6.42. The molecule has 1 rings (SSSR count). The first kappa shape index (κ1) is 20.3. The van der Waals surface area contributed by atoms with Gasteiger partial charge < -0.3 is 29.9 Å². The molecule has 0 saturated carbocycles. The fraction of sp³-hybridized carbons (Fsp3) is 0.938. The predicted molar refractivity (Wildman–Crippen MR) is 82.9 cm³/mol. The van der Waals surface area contributed by atoms with E-state index in [9.17, 15) is 20.1 Å². The van der Waals surface area contributed by atoms with E-state index in [4.69, 9.17) is 14.6 Å². The van der Waals surface area contributed by atoms with Crippen molar-refractivity contribution in [2.45, 2.75) is 95.6 Å². The lowest BCUT2D eigenvalue weighted by molar-refractivity contribution is -0.273. The lowest BCUT2D eigenvalue weighted by atomic mass is 10.0. The average molecular weight is 334 g/mol. The number of aliphatic hydroxyl groups excluding tert-OH is 3. The molecule has 6 unspecified atom stereocenters. The summed E-state index contributed by atoms with van der Waals surface area (Å²) in [6.07, 6.45) is 0.448. The van der Waals surface area contributed by atoms with E-state index >= 15 is 0 Å². The minimum absolute atomic E-state index is 0.0824. The highest BCUT2D eigenvalue weighted by Crippen LogP contribution is 2.23. The molecule has 23 heavy (non-hydrogen) atoms. The molecule has 4 N–H and O–H groups in total. The van der Waals surface area contributed by atoms with Gasteiger partial charge in [-0.25, -0.2) is 0 Å². The highest BCUT2D eigenvalue weighted by molar-refractivity contribution is 5.67. The van der Waals surface area contributed by atoms with E-state index in [1.807, 2.05) is 6.92 Å². The van der Waals surface area contributed by atoms with E-state index in [2.05, 4.69) is 0 Å². The normalized spacial score (nSPS) is 30.8. The third-order valence-corrected chi connectivity index (χ3v) is 4.11. The summed E-state index contributed by atoms with van der Waals surface area (Å²) in [5.41, 5.74) is 0. The van der Waals surface area contributed by atoms with Crippen molar-refractivity contribution in [2.75, 3.05) is 0 Å². The molecule has 1 aliphatic heterocycles. The molecular weight excluding hydrogens is 304 g/mol.